The van der Waals surface area contributed by atoms with Crippen molar-refractivity contribution in [3.63, 3.8) is 0 Å². The van der Waals surface area contributed by atoms with Gasteiger partial charge in [-0.1, -0.05) is 0 Å². The van der Waals surface area contributed by atoms with Crippen LogP contribution in [-0.4, -0.2) is 94.7 Å². The Hall–Kier alpha value is -2.01. The molecule has 2 saturated heterocycles. The van der Waals surface area contributed by atoms with Crippen molar-refractivity contribution in [1.29, 1.82) is 0 Å². The maximum absolute atomic E-state index is 12.6. The van der Waals surface area contributed by atoms with Gasteiger partial charge in [0.25, 0.3) is 5.91 Å². The average Bonchev–Trinajstić information content (AvgIpc) is 2.67. The maximum atomic E-state index is 12.6. The lowest BCUT2D eigenvalue weighted by atomic mass is 9.88. The third-order valence-electron chi connectivity index (χ3n) is 5.23. The number of hydrogen-bond acceptors (Lipinski definition) is 8. The van der Waals surface area contributed by atoms with Crippen molar-refractivity contribution in [3.05, 3.63) is 17.8 Å². The second-order valence-electron chi connectivity index (χ2n) is 7.86. The van der Waals surface area contributed by atoms with Crippen LogP contribution in [0.1, 0.15) is 17.4 Å². The summed E-state index contributed by atoms with van der Waals surface area (Å²) in [7, 11) is 1.67. The molecule has 0 bridgehead atoms. The van der Waals surface area contributed by atoms with E-state index in [2.05, 4.69) is 15.2 Å². The maximum Gasteiger partial charge on any atom is 0.270 e. The van der Waals surface area contributed by atoms with Crippen LogP contribution in [0.15, 0.2) is 12.1 Å². The first kappa shape index (κ1) is 22.7. The summed E-state index contributed by atoms with van der Waals surface area (Å²) in [4.78, 5) is 19.1. The molecule has 9 nitrogen and oxygen atoms in total. The van der Waals surface area contributed by atoms with Gasteiger partial charge in [-0.25, -0.2) is 9.37 Å². The number of hydrogen-bond donors (Lipinski definition) is 2. The highest BCUT2D eigenvalue weighted by Crippen LogP contribution is 2.34. The van der Waals surface area contributed by atoms with Crippen LogP contribution in [0, 0.1) is 5.41 Å². The fourth-order valence-corrected chi connectivity index (χ4v) is 3.18. The lowest BCUT2D eigenvalue weighted by Gasteiger charge is -2.41. The Morgan fingerprint density at radius 2 is 2.23 bits per heavy atom. The van der Waals surface area contributed by atoms with Crippen molar-refractivity contribution < 1.29 is 33.2 Å². The molecule has 0 aliphatic carbocycles. The Balaban J connectivity index is 1.69. The average molecular weight is 427 g/mol. The molecule has 1 atom stereocenters. The standard InChI is InChI=1S/C20H30FN3O6/c1-14(9-28-6-5-21)22-18(26)16-3-4-17(24-7-15(8-24)27-2)19(23-16)30-13-20(10-25)11-29-12-20/h3-4,14-15,25H,5-13H2,1-2H3,(H,22,26)/t14-/m0/s1. The number of amides is 1. The third-order valence-corrected chi connectivity index (χ3v) is 5.23. The molecule has 2 fully saturated rings. The number of anilines is 1. The molecule has 3 rings (SSSR count). The van der Waals surface area contributed by atoms with Gasteiger partial charge in [0.1, 0.15) is 24.7 Å². The quantitative estimate of drug-likeness (QED) is 0.463. The number of aliphatic hydroxyl groups excluding tert-OH is 1. The van der Waals surface area contributed by atoms with Crippen molar-refractivity contribution in [2.45, 2.75) is 19.1 Å². The minimum Gasteiger partial charge on any atom is -0.475 e. The molecular formula is C20H30FN3O6. The Labute approximate surface area is 175 Å². The Morgan fingerprint density at radius 1 is 1.47 bits per heavy atom. The van der Waals surface area contributed by atoms with E-state index in [9.17, 15) is 14.3 Å². The molecule has 10 heteroatoms. The van der Waals surface area contributed by atoms with Crippen molar-refractivity contribution in [2.75, 3.05) is 71.4 Å². The Bertz CT molecular complexity index is 706. The number of aromatic nitrogens is 1. The number of nitrogens with one attached hydrogen (secondary N) is 1. The summed E-state index contributed by atoms with van der Waals surface area (Å²) in [5.74, 6) is -0.0387. The number of aliphatic hydroxyl groups is 1. The topological polar surface area (TPSA) is 102 Å². The van der Waals surface area contributed by atoms with E-state index in [1.165, 1.54) is 0 Å². The van der Waals surface area contributed by atoms with Gasteiger partial charge in [-0.05, 0) is 19.1 Å². The molecule has 2 N–H and O–H groups in total. The van der Waals surface area contributed by atoms with Crippen LogP contribution in [0.4, 0.5) is 10.1 Å². The number of ether oxygens (including phenoxy) is 4. The molecule has 3 heterocycles. The van der Waals surface area contributed by atoms with Gasteiger partial charge in [-0.2, -0.15) is 0 Å². The molecule has 2 aliphatic rings. The van der Waals surface area contributed by atoms with E-state index in [-0.39, 0.29) is 50.2 Å². The first-order valence-electron chi connectivity index (χ1n) is 10.0. The van der Waals surface area contributed by atoms with Gasteiger partial charge in [-0.3, -0.25) is 4.79 Å². The summed E-state index contributed by atoms with van der Waals surface area (Å²) in [5.41, 5.74) is 0.536. The van der Waals surface area contributed by atoms with Crippen LogP contribution in [-0.2, 0) is 14.2 Å². The molecule has 1 amide bonds. The molecule has 0 radical (unpaired) electrons. The summed E-state index contributed by atoms with van der Waals surface area (Å²) in [6.07, 6.45) is 0.148. The van der Waals surface area contributed by atoms with Gasteiger partial charge in [0.05, 0.1) is 44.6 Å². The van der Waals surface area contributed by atoms with E-state index in [1.54, 1.807) is 26.2 Å². The van der Waals surface area contributed by atoms with E-state index in [1.807, 2.05) is 0 Å². The second-order valence-corrected chi connectivity index (χ2v) is 7.86. The predicted molar refractivity (Wildman–Crippen MR) is 107 cm³/mol. The number of rotatable bonds is 12. The van der Waals surface area contributed by atoms with Gasteiger partial charge in [0.2, 0.25) is 5.88 Å². The van der Waals surface area contributed by atoms with Crippen LogP contribution < -0.4 is 15.0 Å². The number of methoxy groups -OCH3 is 1. The highest BCUT2D eigenvalue weighted by atomic mass is 19.1. The Kier molecular flexibility index (Phi) is 7.81. The predicted octanol–water partition coefficient (Wildman–Crippen LogP) is 0.409. The molecule has 30 heavy (non-hydrogen) atoms. The summed E-state index contributed by atoms with van der Waals surface area (Å²) in [6.45, 7) is 3.87. The van der Waals surface area contributed by atoms with Crippen molar-refractivity contribution in [1.82, 2.24) is 10.3 Å². The summed E-state index contributed by atoms with van der Waals surface area (Å²) in [6, 6.07) is 3.15. The molecule has 168 valence electrons. The second kappa shape index (κ2) is 10.3. The van der Waals surface area contributed by atoms with E-state index >= 15 is 0 Å². The minimum absolute atomic E-state index is 0.000228. The van der Waals surface area contributed by atoms with Gasteiger partial charge >= 0.3 is 0 Å². The van der Waals surface area contributed by atoms with Crippen molar-refractivity contribution >= 4 is 11.6 Å². The zero-order valence-electron chi connectivity index (χ0n) is 17.4. The molecule has 0 saturated carbocycles. The summed E-state index contributed by atoms with van der Waals surface area (Å²) in [5, 5.41) is 12.4. The molecule has 0 unspecified atom stereocenters. The first-order valence-corrected chi connectivity index (χ1v) is 10.0. The van der Waals surface area contributed by atoms with E-state index < -0.39 is 12.1 Å². The van der Waals surface area contributed by atoms with E-state index in [4.69, 9.17) is 18.9 Å². The van der Waals surface area contributed by atoms with Gasteiger partial charge in [-0.15, -0.1) is 0 Å². The lowest BCUT2D eigenvalue weighted by Crippen LogP contribution is -2.52. The number of carbonyl (C=O) groups excluding carboxylic acids is 1. The Morgan fingerprint density at radius 3 is 2.83 bits per heavy atom. The molecule has 0 spiro atoms. The highest BCUT2D eigenvalue weighted by molar-refractivity contribution is 5.93. The van der Waals surface area contributed by atoms with Gasteiger partial charge < -0.3 is 34.3 Å². The number of alkyl halides is 1. The van der Waals surface area contributed by atoms with Crippen molar-refractivity contribution in [3.8, 4) is 5.88 Å². The van der Waals surface area contributed by atoms with Crippen LogP contribution in [0.2, 0.25) is 0 Å². The smallest absolute Gasteiger partial charge is 0.270 e. The fraction of sp³-hybridized carbons (Fsp3) is 0.700. The van der Waals surface area contributed by atoms with Gasteiger partial charge in [0.15, 0.2) is 0 Å². The third kappa shape index (κ3) is 5.37. The zero-order valence-corrected chi connectivity index (χ0v) is 17.4. The summed E-state index contributed by atoms with van der Waals surface area (Å²) >= 11 is 0. The van der Waals surface area contributed by atoms with Crippen LogP contribution in [0.25, 0.3) is 0 Å². The molecule has 1 aromatic rings. The summed E-state index contributed by atoms with van der Waals surface area (Å²) < 4.78 is 33.8. The van der Waals surface area contributed by atoms with Crippen LogP contribution in [0.3, 0.4) is 0 Å². The van der Waals surface area contributed by atoms with Crippen molar-refractivity contribution in [2.24, 2.45) is 5.41 Å². The lowest BCUT2D eigenvalue weighted by molar-refractivity contribution is -0.153. The van der Waals surface area contributed by atoms with E-state index in [0.717, 1.165) is 5.69 Å². The molecule has 1 aromatic heterocycles. The molecule has 2 aliphatic heterocycles. The number of halogens is 1. The molecular weight excluding hydrogens is 397 g/mol. The van der Waals surface area contributed by atoms with Crippen LogP contribution >= 0.6 is 0 Å². The zero-order chi connectivity index (χ0) is 21.6. The SMILES string of the molecule is COC1CN(c2ccc(C(=O)N[C@@H](C)COCCF)nc2OCC2(CO)COC2)C1. The normalized spacial score (nSPS) is 19.0. The molecule has 0 aromatic carbocycles. The van der Waals surface area contributed by atoms with Gasteiger partial charge in [0, 0.05) is 26.2 Å². The highest BCUT2D eigenvalue weighted by Gasteiger charge is 2.40. The first-order chi connectivity index (χ1) is 14.5. The monoisotopic (exact) mass is 427 g/mol. The van der Waals surface area contributed by atoms with E-state index in [0.29, 0.717) is 32.2 Å². The number of pyridine rings is 1. The minimum atomic E-state index is -0.564. The largest absolute Gasteiger partial charge is 0.475 e. The number of carbonyl (C=O) groups is 1. The van der Waals surface area contributed by atoms with Crippen LogP contribution in [0.5, 0.6) is 5.88 Å². The number of nitrogens with zero attached hydrogens (tertiary/aromatic N) is 2. The fourth-order valence-electron chi connectivity index (χ4n) is 3.18.